The van der Waals surface area contributed by atoms with Crippen LogP contribution >= 0.6 is 0 Å². The SMILES string of the molecule is COc1ccccc1Nn1cc(C)nc1C. The lowest BCUT2D eigenvalue weighted by Gasteiger charge is -2.12. The molecule has 1 aromatic heterocycles. The summed E-state index contributed by atoms with van der Waals surface area (Å²) in [6.07, 6.45) is 1.95. The van der Waals surface area contributed by atoms with Crippen molar-refractivity contribution in [3.63, 3.8) is 0 Å². The number of benzene rings is 1. The van der Waals surface area contributed by atoms with Crippen LogP contribution < -0.4 is 10.2 Å². The van der Waals surface area contributed by atoms with E-state index in [9.17, 15) is 0 Å². The maximum atomic E-state index is 5.27. The number of imidazole rings is 1. The summed E-state index contributed by atoms with van der Waals surface area (Å²) in [5.74, 6) is 1.73. The van der Waals surface area contributed by atoms with Crippen molar-refractivity contribution in [2.75, 3.05) is 12.5 Å². The minimum atomic E-state index is 0.813. The highest BCUT2D eigenvalue weighted by Gasteiger charge is 2.04. The summed E-state index contributed by atoms with van der Waals surface area (Å²) in [6, 6.07) is 7.79. The molecular weight excluding hydrogens is 202 g/mol. The zero-order valence-electron chi connectivity index (χ0n) is 9.69. The summed E-state index contributed by atoms with van der Waals surface area (Å²) in [4.78, 5) is 4.32. The molecule has 2 rings (SSSR count). The molecule has 0 amide bonds. The first-order chi connectivity index (χ1) is 7.70. The number of anilines is 1. The molecule has 0 aliphatic rings. The highest BCUT2D eigenvalue weighted by atomic mass is 16.5. The van der Waals surface area contributed by atoms with Crippen LogP contribution in [-0.4, -0.2) is 16.8 Å². The monoisotopic (exact) mass is 217 g/mol. The summed E-state index contributed by atoms with van der Waals surface area (Å²) < 4.78 is 7.15. The normalized spacial score (nSPS) is 10.2. The van der Waals surface area contributed by atoms with Gasteiger partial charge in [-0.05, 0) is 26.0 Å². The molecule has 0 bridgehead atoms. The summed E-state index contributed by atoms with van der Waals surface area (Å²) in [5.41, 5.74) is 5.15. The molecule has 0 spiro atoms. The van der Waals surface area contributed by atoms with E-state index >= 15 is 0 Å². The molecule has 16 heavy (non-hydrogen) atoms. The van der Waals surface area contributed by atoms with Gasteiger partial charge in [-0.3, -0.25) is 5.43 Å². The molecule has 0 atom stereocenters. The average molecular weight is 217 g/mol. The predicted molar refractivity (Wildman–Crippen MR) is 63.7 cm³/mol. The summed E-state index contributed by atoms with van der Waals surface area (Å²) in [7, 11) is 1.66. The first kappa shape index (κ1) is 10.5. The van der Waals surface area contributed by atoms with Crippen molar-refractivity contribution < 1.29 is 4.74 Å². The topological polar surface area (TPSA) is 39.1 Å². The van der Waals surface area contributed by atoms with Crippen LogP contribution in [-0.2, 0) is 0 Å². The third-order valence-corrected chi connectivity index (χ3v) is 2.35. The Labute approximate surface area is 94.9 Å². The number of para-hydroxylation sites is 2. The van der Waals surface area contributed by atoms with Crippen LogP contribution in [0.4, 0.5) is 5.69 Å². The van der Waals surface area contributed by atoms with Crippen molar-refractivity contribution in [1.29, 1.82) is 0 Å². The van der Waals surface area contributed by atoms with Crippen LogP contribution in [0, 0.1) is 13.8 Å². The summed E-state index contributed by atoms with van der Waals surface area (Å²) in [6.45, 7) is 3.92. The molecular formula is C12H15N3O. The second-order valence-electron chi connectivity index (χ2n) is 3.61. The zero-order valence-corrected chi connectivity index (χ0v) is 9.69. The van der Waals surface area contributed by atoms with E-state index in [0.717, 1.165) is 23.0 Å². The Morgan fingerprint density at radius 2 is 2.00 bits per heavy atom. The van der Waals surface area contributed by atoms with E-state index in [-0.39, 0.29) is 0 Å². The predicted octanol–water partition coefficient (Wildman–Crippen LogP) is 2.38. The molecule has 0 saturated heterocycles. The molecule has 4 nitrogen and oxygen atoms in total. The van der Waals surface area contributed by atoms with Gasteiger partial charge in [-0.25, -0.2) is 9.66 Å². The van der Waals surface area contributed by atoms with Gasteiger partial charge in [-0.1, -0.05) is 12.1 Å². The Morgan fingerprint density at radius 1 is 1.25 bits per heavy atom. The van der Waals surface area contributed by atoms with Gasteiger partial charge in [0.25, 0.3) is 0 Å². The highest BCUT2D eigenvalue weighted by Crippen LogP contribution is 2.23. The second-order valence-corrected chi connectivity index (χ2v) is 3.61. The number of aromatic nitrogens is 2. The molecule has 0 unspecified atom stereocenters. The van der Waals surface area contributed by atoms with E-state index in [2.05, 4.69) is 10.4 Å². The van der Waals surface area contributed by atoms with Crippen molar-refractivity contribution in [3.05, 3.63) is 42.0 Å². The molecule has 1 N–H and O–H groups in total. The van der Waals surface area contributed by atoms with Crippen LogP contribution in [0.15, 0.2) is 30.5 Å². The first-order valence-corrected chi connectivity index (χ1v) is 5.13. The average Bonchev–Trinajstić information content (AvgIpc) is 2.58. The van der Waals surface area contributed by atoms with Gasteiger partial charge in [0.05, 0.1) is 18.5 Å². The van der Waals surface area contributed by atoms with Crippen molar-refractivity contribution in [1.82, 2.24) is 9.66 Å². The van der Waals surface area contributed by atoms with Crippen molar-refractivity contribution in [3.8, 4) is 5.75 Å². The van der Waals surface area contributed by atoms with Gasteiger partial charge in [-0.2, -0.15) is 0 Å². The Morgan fingerprint density at radius 3 is 2.62 bits per heavy atom. The Hall–Kier alpha value is -1.97. The first-order valence-electron chi connectivity index (χ1n) is 5.13. The van der Waals surface area contributed by atoms with E-state index in [1.54, 1.807) is 7.11 Å². The van der Waals surface area contributed by atoms with Gasteiger partial charge in [0.15, 0.2) is 0 Å². The summed E-state index contributed by atoms with van der Waals surface area (Å²) in [5, 5.41) is 0. The van der Waals surface area contributed by atoms with Crippen LogP contribution in [0.2, 0.25) is 0 Å². The molecule has 1 aromatic carbocycles. The Balaban J connectivity index is 2.30. The van der Waals surface area contributed by atoms with Gasteiger partial charge in [0.1, 0.15) is 11.6 Å². The quantitative estimate of drug-likeness (QED) is 0.858. The number of nitrogens with one attached hydrogen (secondary N) is 1. The number of hydrogen-bond acceptors (Lipinski definition) is 3. The molecule has 0 fully saturated rings. The fourth-order valence-corrected chi connectivity index (χ4v) is 1.60. The Bertz CT molecular complexity index is 491. The lowest BCUT2D eigenvalue weighted by molar-refractivity contribution is 0.416. The summed E-state index contributed by atoms with van der Waals surface area (Å²) >= 11 is 0. The number of hydrogen-bond donors (Lipinski definition) is 1. The molecule has 84 valence electrons. The molecule has 1 heterocycles. The number of ether oxygens (including phenoxy) is 1. The van der Waals surface area contributed by atoms with E-state index in [1.807, 2.05) is 49.0 Å². The molecule has 0 aliphatic carbocycles. The van der Waals surface area contributed by atoms with Gasteiger partial charge in [0, 0.05) is 6.20 Å². The van der Waals surface area contributed by atoms with Crippen molar-refractivity contribution >= 4 is 5.69 Å². The van der Waals surface area contributed by atoms with Crippen molar-refractivity contribution in [2.45, 2.75) is 13.8 Å². The van der Waals surface area contributed by atoms with Crippen LogP contribution in [0.25, 0.3) is 0 Å². The highest BCUT2D eigenvalue weighted by molar-refractivity contribution is 5.55. The second kappa shape index (κ2) is 4.26. The number of methoxy groups -OCH3 is 1. The van der Waals surface area contributed by atoms with Gasteiger partial charge < -0.3 is 4.74 Å². The van der Waals surface area contributed by atoms with Gasteiger partial charge in [0.2, 0.25) is 0 Å². The lowest BCUT2D eigenvalue weighted by Crippen LogP contribution is -2.10. The minimum absolute atomic E-state index is 0.813. The maximum absolute atomic E-state index is 5.27. The third kappa shape index (κ3) is 2.00. The van der Waals surface area contributed by atoms with Gasteiger partial charge in [-0.15, -0.1) is 0 Å². The standard InChI is InChI=1S/C12H15N3O/c1-9-8-15(10(2)13-9)14-11-6-4-5-7-12(11)16-3/h4-8,14H,1-3H3. The third-order valence-electron chi connectivity index (χ3n) is 2.35. The molecule has 0 aliphatic heterocycles. The molecule has 2 aromatic rings. The van der Waals surface area contributed by atoms with Crippen LogP contribution in [0.3, 0.4) is 0 Å². The number of rotatable bonds is 3. The van der Waals surface area contributed by atoms with Crippen LogP contribution in [0.1, 0.15) is 11.5 Å². The van der Waals surface area contributed by atoms with Gasteiger partial charge >= 0.3 is 0 Å². The van der Waals surface area contributed by atoms with Crippen molar-refractivity contribution in [2.24, 2.45) is 0 Å². The number of aryl methyl sites for hydroxylation is 2. The zero-order chi connectivity index (χ0) is 11.5. The molecule has 0 saturated carbocycles. The smallest absolute Gasteiger partial charge is 0.143 e. The lowest BCUT2D eigenvalue weighted by atomic mass is 10.3. The molecule has 0 radical (unpaired) electrons. The Kier molecular flexibility index (Phi) is 2.81. The van der Waals surface area contributed by atoms with E-state index in [0.29, 0.717) is 0 Å². The van der Waals surface area contributed by atoms with E-state index in [4.69, 9.17) is 4.74 Å². The number of nitrogens with zero attached hydrogens (tertiary/aromatic N) is 2. The fourth-order valence-electron chi connectivity index (χ4n) is 1.60. The minimum Gasteiger partial charge on any atom is -0.495 e. The van der Waals surface area contributed by atoms with E-state index < -0.39 is 0 Å². The van der Waals surface area contributed by atoms with Crippen LogP contribution in [0.5, 0.6) is 5.75 Å². The fraction of sp³-hybridized carbons (Fsp3) is 0.250. The maximum Gasteiger partial charge on any atom is 0.143 e. The van der Waals surface area contributed by atoms with E-state index in [1.165, 1.54) is 0 Å². The molecule has 4 heteroatoms. The largest absolute Gasteiger partial charge is 0.495 e.